The van der Waals surface area contributed by atoms with Gasteiger partial charge in [0.15, 0.2) is 0 Å². The lowest BCUT2D eigenvalue weighted by molar-refractivity contribution is -0.119. The van der Waals surface area contributed by atoms with Crippen LogP contribution in [0, 0.1) is 6.92 Å². The number of nitrogens with one attached hydrogen (secondary N) is 1. The summed E-state index contributed by atoms with van der Waals surface area (Å²) in [5, 5.41) is 2.87. The second-order valence-corrected chi connectivity index (χ2v) is 8.48. The van der Waals surface area contributed by atoms with Gasteiger partial charge in [-0.1, -0.05) is 43.8 Å². The Bertz CT molecular complexity index is 1180. The quantitative estimate of drug-likeness (QED) is 0.455. The van der Waals surface area contributed by atoms with Crippen LogP contribution >= 0.6 is 0 Å². The zero-order valence-electron chi connectivity index (χ0n) is 20.7. The van der Waals surface area contributed by atoms with Crippen molar-refractivity contribution >= 4 is 28.5 Å². The Kier molecular flexibility index (Phi) is 8.23. The van der Waals surface area contributed by atoms with E-state index in [1.54, 1.807) is 7.11 Å². The van der Waals surface area contributed by atoms with Gasteiger partial charge in [-0.25, -0.2) is 4.98 Å². The first-order valence-corrected chi connectivity index (χ1v) is 11.6. The lowest BCUT2D eigenvalue weighted by atomic mass is 10.0. The molecule has 1 aromatic heterocycles. The van der Waals surface area contributed by atoms with Crippen LogP contribution in [0.3, 0.4) is 0 Å². The maximum atomic E-state index is 14.0. The zero-order valence-corrected chi connectivity index (χ0v) is 20.7. The number of anilines is 1. The maximum Gasteiger partial charge on any atom is 0.247 e. The average Bonchev–Trinajstić information content (AvgIpc) is 3.18. The van der Waals surface area contributed by atoms with E-state index >= 15 is 0 Å². The van der Waals surface area contributed by atoms with Crippen LogP contribution in [0.5, 0.6) is 0 Å². The average molecular weight is 463 g/mol. The third kappa shape index (κ3) is 5.20. The van der Waals surface area contributed by atoms with E-state index in [9.17, 15) is 9.59 Å². The normalized spacial score (nSPS) is 12.9. The number of benzene rings is 2. The molecule has 0 spiro atoms. The van der Waals surface area contributed by atoms with Crippen LogP contribution in [0.4, 0.5) is 5.69 Å². The number of hydrogen-bond donors (Lipinski definition) is 1. The minimum absolute atomic E-state index is 0.0693. The summed E-state index contributed by atoms with van der Waals surface area (Å²) in [6.07, 6.45) is 2.04. The number of carbonyl (C=O) groups excluding carboxylic acids is 2. The summed E-state index contributed by atoms with van der Waals surface area (Å²) in [4.78, 5) is 32.5. The Morgan fingerprint density at radius 2 is 1.94 bits per heavy atom. The van der Waals surface area contributed by atoms with Gasteiger partial charge < -0.3 is 19.5 Å². The van der Waals surface area contributed by atoms with Gasteiger partial charge in [-0.15, -0.1) is 0 Å². The van der Waals surface area contributed by atoms with Crippen molar-refractivity contribution in [3.05, 3.63) is 72.1 Å². The molecule has 0 bridgehead atoms. The number of para-hydroxylation sites is 3. The van der Waals surface area contributed by atoms with Crippen molar-refractivity contribution in [2.45, 2.75) is 52.7 Å². The fourth-order valence-electron chi connectivity index (χ4n) is 4.40. The summed E-state index contributed by atoms with van der Waals surface area (Å²) in [5.74, 6) is 0.255. The molecule has 2 unspecified atom stereocenters. The fourth-order valence-corrected chi connectivity index (χ4v) is 4.40. The lowest BCUT2D eigenvalue weighted by Gasteiger charge is -2.32. The highest BCUT2D eigenvalue weighted by Gasteiger charge is 2.28. The third-order valence-corrected chi connectivity index (χ3v) is 5.97. The van der Waals surface area contributed by atoms with Gasteiger partial charge in [-0.05, 0) is 56.5 Å². The molecular weight excluding hydrogens is 428 g/mol. The predicted octanol–water partition coefficient (Wildman–Crippen LogP) is 4.34. The first kappa shape index (κ1) is 25.2. The van der Waals surface area contributed by atoms with E-state index in [0.29, 0.717) is 12.4 Å². The third-order valence-electron chi connectivity index (χ3n) is 5.97. The van der Waals surface area contributed by atoms with Gasteiger partial charge in [0.2, 0.25) is 11.8 Å². The highest BCUT2D eigenvalue weighted by atomic mass is 16.5. The number of imidazole rings is 1. The van der Waals surface area contributed by atoms with Crippen molar-refractivity contribution in [3.63, 3.8) is 0 Å². The first-order valence-electron chi connectivity index (χ1n) is 11.6. The van der Waals surface area contributed by atoms with Gasteiger partial charge in [0.25, 0.3) is 0 Å². The molecule has 0 aliphatic rings. The number of ether oxygens (including phenoxy) is 1. The molecule has 2 aromatic carbocycles. The van der Waals surface area contributed by atoms with Crippen molar-refractivity contribution in [3.8, 4) is 0 Å². The second kappa shape index (κ2) is 11.1. The number of methoxy groups -OCH3 is 1. The molecule has 3 aromatic rings. The fraction of sp³-hybridized carbons (Fsp3) is 0.370. The predicted molar refractivity (Wildman–Crippen MR) is 136 cm³/mol. The summed E-state index contributed by atoms with van der Waals surface area (Å²) < 4.78 is 7.31. The number of carbonyl (C=O) groups is 2. The van der Waals surface area contributed by atoms with Crippen molar-refractivity contribution in [1.82, 2.24) is 14.9 Å². The lowest BCUT2D eigenvalue weighted by Crippen LogP contribution is -2.44. The van der Waals surface area contributed by atoms with Gasteiger partial charge in [0.1, 0.15) is 12.4 Å². The largest absolute Gasteiger partial charge is 0.383 e. The van der Waals surface area contributed by atoms with E-state index in [-0.39, 0.29) is 24.4 Å². The SMILES string of the molecule is C=CC(=O)NC(C)c1nc2ccccc2n1CC(=O)N(c1c(C)cccc1CC)C(C)COC. The molecular formula is C27H34N4O3. The number of rotatable bonds is 10. The molecule has 180 valence electrons. The van der Waals surface area contributed by atoms with E-state index in [1.165, 1.54) is 6.08 Å². The molecule has 0 radical (unpaired) electrons. The van der Waals surface area contributed by atoms with Gasteiger partial charge in [-0.2, -0.15) is 0 Å². The van der Waals surface area contributed by atoms with Crippen LogP contribution in [0.2, 0.25) is 0 Å². The van der Waals surface area contributed by atoms with Crippen molar-refractivity contribution in [2.24, 2.45) is 0 Å². The van der Waals surface area contributed by atoms with Crippen LogP contribution in [0.1, 0.15) is 43.8 Å². The summed E-state index contributed by atoms with van der Waals surface area (Å²) in [6, 6.07) is 13.2. The van der Waals surface area contributed by atoms with E-state index in [1.807, 2.05) is 66.6 Å². The zero-order chi connectivity index (χ0) is 24.8. The molecule has 7 heteroatoms. The monoisotopic (exact) mass is 462 g/mol. The smallest absolute Gasteiger partial charge is 0.247 e. The Hall–Kier alpha value is -3.45. The summed E-state index contributed by atoms with van der Waals surface area (Å²) >= 11 is 0. The van der Waals surface area contributed by atoms with Crippen LogP contribution in [-0.2, 0) is 27.3 Å². The van der Waals surface area contributed by atoms with Crippen LogP contribution in [-0.4, -0.2) is 41.1 Å². The Balaban J connectivity index is 2.08. The molecule has 7 nitrogen and oxygen atoms in total. The van der Waals surface area contributed by atoms with E-state index in [0.717, 1.165) is 34.3 Å². The molecule has 1 heterocycles. The van der Waals surface area contributed by atoms with Crippen molar-refractivity contribution < 1.29 is 14.3 Å². The number of amides is 2. The second-order valence-electron chi connectivity index (χ2n) is 8.48. The van der Waals surface area contributed by atoms with Crippen LogP contribution < -0.4 is 10.2 Å². The first-order chi connectivity index (χ1) is 16.3. The molecule has 0 saturated heterocycles. The number of fused-ring (bicyclic) bond motifs is 1. The van der Waals surface area contributed by atoms with E-state index in [2.05, 4.69) is 24.9 Å². The highest BCUT2D eigenvalue weighted by molar-refractivity contribution is 5.96. The number of hydrogen-bond acceptors (Lipinski definition) is 4. The van der Waals surface area contributed by atoms with Gasteiger partial charge >= 0.3 is 0 Å². The van der Waals surface area contributed by atoms with Gasteiger partial charge in [-0.3, -0.25) is 9.59 Å². The minimum atomic E-state index is -0.403. The molecule has 2 amide bonds. The summed E-state index contributed by atoms with van der Waals surface area (Å²) in [6.45, 7) is 12.0. The molecule has 2 atom stereocenters. The van der Waals surface area contributed by atoms with Gasteiger partial charge in [0, 0.05) is 7.11 Å². The Labute approximate surface area is 201 Å². The maximum absolute atomic E-state index is 14.0. The minimum Gasteiger partial charge on any atom is -0.383 e. The molecule has 34 heavy (non-hydrogen) atoms. The molecule has 0 fully saturated rings. The Morgan fingerprint density at radius 3 is 2.62 bits per heavy atom. The number of nitrogens with zero attached hydrogens (tertiary/aromatic N) is 3. The van der Waals surface area contributed by atoms with Crippen molar-refractivity contribution in [1.29, 1.82) is 0 Å². The molecule has 0 saturated carbocycles. The van der Waals surface area contributed by atoms with E-state index < -0.39 is 6.04 Å². The summed E-state index contributed by atoms with van der Waals surface area (Å²) in [5.41, 5.74) is 4.69. The van der Waals surface area contributed by atoms with E-state index in [4.69, 9.17) is 9.72 Å². The van der Waals surface area contributed by atoms with Crippen LogP contribution in [0.25, 0.3) is 11.0 Å². The topological polar surface area (TPSA) is 76.5 Å². The Morgan fingerprint density at radius 1 is 1.21 bits per heavy atom. The molecule has 3 rings (SSSR count). The number of aromatic nitrogens is 2. The van der Waals surface area contributed by atoms with Crippen molar-refractivity contribution in [2.75, 3.05) is 18.6 Å². The molecule has 0 aliphatic heterocycles. The van der Waals surface area contributed by atoms with Gasteiger partial charge in [0.05, 0.1) is 35.4 Å². The summed E-state index contributed by atoms with van der Waals surface area (Å²) in [7, 11) is 1.64. The highest BCUT2D eigenvalue weighted by Crippen LogP contribution is 2.29. The molecule has 1 N–H and O–H groups in total. The van der Waals surface area contributed by atoms with Crippen LogP contribution in [0.15, 0.2) is 55.1 Å². The number of aryl methyl sites for hydroxylation is 2. The standard InChI is InChI=1S/C27H34N4O3/c1-7-21-13-11-12-18(3)26(21)31(19(4)17-34-6)25(33)16-30-23-15-10-9-14-22(23)29-27(30)20(5)28-24(32)8-2/h8-15,19-20H,2,7,16-17H2,1,3-6H3,(H,28,32). The molecule has 0 aliphatic carbocycles.